The number of aromatic nitrogens is 1. The molecule has 1 unspecified atom stereocenters. The van der Waals surface area contributed by atoms with Gasteiger partial charge in [-0.2, -0.15) is 0 Å². The minimum absolute atomic E-state index is 0.0462. The van der Waals surface area contributed by atoms with Crippen LogP contribution in [0.2, 0.25) is 0 Å². The van der Waals surface area contributed by atoms with Crippen molar-refractivity contribution in [1.82, 2.24) is 14.8 Å². The summed E-state index contributed by atoms with van der Waals surface area (Å²) in [5.41, 5.74) is 0.813. The summed E-state index contributed by atoms with van der Waals surface area (Å²) in [6.07, 6.45) is 1.69. The minimum Gasteiger partial charge on any atom is -0.323 e. The molecule has 1 atom stereocenters. The fourth-order valence-electron chi connectivity index (χ4n) is 2.11. The Morgan fingerprint density at radius 3 is 2.55 bits per heavy atom. The fraction of sp³-hybridized carbons (Fsp3) is 0.538. The van der Waals surface area contributed by atoms with Crippen molar-refractivity contribution in [1.29, 1.82) is 0 Å². The van der Waals surface area contributed by atoms with E-state index in [1.165, 1.54) is 0 Å². The number of rotatable bonds is 2. The highest BCUT2D eigenvalue weighted by Gasteiger charge is 2.29. The van der Waals surface area contributed by atoms with Gasteiger partial charge in [0.2, 0.25) is 0 Å². The predicted molar refractivity (Wildman–Crippen MR) is 76.0 cm³/mol. The molecule has 1 aromatic rings. The molecule has 0 bridgehead atoms. The van der Waals surface area contributed by atoms with Gasteiger partial charge in [-0.3, -0.25) is 4.98 Å². The van der Waals surface area contributed by atoms with Crippen molar-refractivity contribution in [2.75, 3.05) is 31.6 Å². The summed E-state index contributed by atoms with van der Waals surface area (Å²) < 4.78 is 22.8. The molecule has 0 N–H and O–H groups in total. The van der Waals surface area contributed by atoms with E-state index in [1.54, 1.807) is 23.0 Å². The summed E-state index contributed by atoms with van der Waals surface area (Å²) in [5, 5.41) is 0. The van der Waals surface area contributed by atoms with Gasteiger partial charge >= 0.3 is 6.03 Å². The third-order valence-corrected chi connectivity index (χ3v) is 5.22. The molecule has 1 aliphatic heterocycles. The van der Waals surface area contributed by atoms with Crippen LogP contribution in [0.25, 0.3) is 0 Å². The SMILES string of the molecule is CC(c1ccccn1)N(C)C(=O)N1CCS(=O)(=O)CC1. The molecule has 1 aliphatic rings. The first kappa shape index (κ1) is 14.8. The first-order valence-corrected chi connectivity index (χ1v) is 8.36. The molecule has 110 valence electrons. The van der Waals surface area contributed by atoms with E-state index < -0.39 is 9.84 Å². The van der Waals surface area contributed by atoms with E-state index in [2.05, 4.69) is 4.98 Å². The molecule has 20 heavy (non-hydrogen) atoms. The monoisotopic (exact) mass is 297 g/mol. The Morgan fingerprint density at radius 2 is 2.00 bits per heavy atom. The molecule has 0 aliphatic carbocycles. The van der Waals surface area contributed by atoms with Crippen LogP contribution in [0.3, 0.4) is 0 Å². The van der Waals surface area contributed by atoms with E-state index in [9.17, 15) is 13.2 Å². The van der Waals surface area contributed by atoms with E-state index in [-0.39, 0.29) is 36.7 Å². The maximum Gasteiger partial charge on any atom is 0.320 e. The van der Waals surface area contributed by atoms with Gasteiger partial charge in [0, 0.05) is 26.3 Å². The molecule has 6 nitrogen and oxygen atoms in total. The quantitative estimate of drug-likeness (QED) is 0.814. The summed E-state index contributed by atoms with van der Waals surface area (Å²) in [4.78, 5) is 19.8. The normalized spacial score (nSPS) is 19.4. The second-order valence-corrected chi connectivity index (χ2v) is 7.27. The van der Waals surface area contributed by atoms with Crippen molar-refractivity contribution in [3.63, 3.8) is 0 Å². The maximum atomic E-state index is 12.4. The van der Waals surface area contributed by atoms with Crippen molar-refractivity contribution in [2.45, 2.75) is 13.0 Å². The van der Waals surface area contributed by atoms with E-state index in [0.717, 1.165) is 5.69 Å². The molecule has 7 heteroatoms. The van der Waals surface area contributed by atoms with Gasteiger partial charge in [-0.1, -0.05) is 6.07 Å². The van der Waals surface area contributed by atoms with Crippen LogP contribution in [0, 0.1) is 0 Å². The van der Waals surface area contributed by atoms with Crippen LogP contribution in [0.15, 0.2) is 24.4 Å². The molecule has 1 fully saturated rings. The lowest BCUT2D eigenvalue weighted by molar-refractivity contribution is 0.152. The highest BCUT2D eigenvalue weighted by atomic mass is 32.2. The number of carbonyl (C=O) groups excluding carboxylic acids is 1. The third-order valence-electron chi connectivity index (χ3n) is 3.61. The van der Waals surface area contributed by atoms with E-state index in [0.29, 0.717) is 0 Å². The van der Waals surface area contributed by atoms with Gasteiger partial charge in [-0.05, 0) is 19.1 Å². The molecule has 2 heterocycles. The van der Waals surface area contributed by atoms with Gasteiger partial charge in [-0.25, -0.2) is 13.2 Å². The number of pyridine rings is 1. The van der Waals surface area contributed by atoms with Gasteiger partial charge < -0.3 is 9.80 Å². The molecule has 2 rings (SSSR count). The zero-order valence-corrected chi connectivity index (χ0v) is 12.5. The molecule has 0 aromatic carbocycles. The van der Waals surface area contributed by atoms with Crippen molar-refractivity contribution in [2.24, 2.45) is 0 Å². The zero-order chi connectivity index (χ0) is 14.8. The number of nitrogens with zero attached hydrogens (tertiary/aromatic N) is 3. The van der Waals surface area contributed by atoms with Crippen LogP contribution in [-0.4, -0.2) is 60.9 Å². The average Bonchev–Trinajstić information content (AvgIpc) is 2.46. The van der Waals surface area contributed by atoms with E-state index in [1.807, 2.05) is 25.1 Å². The van der Waals surface area contributed by atoms with Crippen LogP contribution < -0.4 is 0 Å². The van der Waals surface area contributed by atoms with Gasteiger partial charge in [-0.15, -0.1) is 0 Å². The van der Waals surface area contributed by atoms with E-state index >= 15 is 0 Å². The number of urea groups is 1. The van der Waals surface area contributed by atoms with Crippen LogP contribution in [0.4, 0.5) is 4.79 Å². The van der Waals surface area contributed by atoms with Crippen molar-refractivity contribution in [3.05, 3.63) is 30.1 Å². The standard InChI is InChI=1S/C13H19N3O3S/c1-11(12-5-3-4-6-14-12)15(2)13(17)16-7-9-20(18,19)10-8-16/h3-6,11H,7-10H2,1-2H3. The molecular weight excluding hydrogens is 278 g/mol. The lowest BCUT2D eigenvalue weighted by Gasteiger charge is -2.33. The fourth-order valence-corrected chi connectivity index (χ4v) is 3.32. The molecule has 1 aromatic heterocycles. The largest absolute Gasteiger partial charge is 0.323 e. The molecule has 0 saturated carbocycles. The van der Waals surface area contributed by atoms with Gasteiger partial charge in [0.25, 0.3) is 0 Å². The van der Waals surface area contributed by atoms with Crippen LogP contribution in [0.1, 0.15) is 18.7 Å². The Hall–Kier alpha value is -1.63. The number of sulfone groups is 1. The summed E-state index contributed by atoms with van der Waals surface area (Å²) in [6, 6.07) is 5.27. The highest BCUT2D eigenvalue weighted by molar-refractivity contribution is 7.91. The number of hydrogen-bond acceptors (Lipinski definition) is 4. The summed E-state index contributed by atoms with van der Waals surface area (Å²) in [6.45, 7) is 2.43. The molecule has 2 amide bonds. The first-order valence-electron chi connectivity index (χ1n) is 6.54. The van der Waals surface area contributed by atoms with Crippen LogP contribution >= 0.6 is 0 Å². The third kappa shape index (κ3) is 3.27. The smallest absolute Gasteiger partial charge is 0.320 e. The van der Waals surface area contributed by atoms with Crippen molar-refractivity contribution >= 4 is 15.9 Å². The second kappa shape index (κ2) is 5.78. The molecule has 0 spiro atoms. The van der Waals surface area contributed by atoms with Crippen LogP contribution in [0.5, 0.6) is 0 Å². The van der Waals surface area contributed by atoms with Gasteiger partial charge in [0.05, 0.1) is 23.2 Å². The Bertz CT molecular complexity index is 560. The Balaban J connectivity index is 2.02. The van der Waals surface area contributed by atoms with Gasteiger partial charge in [0.15, 0.2) is 9.84 Å². The lowest BCUT2D eigenvalue weighted by Crippen LogP contribution is -2.49. The first-order chi connectivity index (χ1) is 9.41. The zero-order valence-electron chi connectivity index (χ0n) is 11.7. The second-order valence-electron chi connectivity index (χ2n) is 4.96. The Morgan fingerprint density at radius 1 is 1.35 bits per heavy atom. The predicted octanol–water partition coefficient (Wildman–Crippen LogP) is 0.925. The van der Waals surface area contributed by atoms with Crippen LogP contribution in [-0.2, 0) is 9.84 Å². The number of hydrogen-bond donors (Lipinski definition) is 0. The molecular formula is C13H19N3O3S. The molecule has 1 saturated heterocycles. The average molecular weight is 297 g/mol. The van der Waals surface area contributed by atoms with E-state index in [4.69, 9.17) is 0 Å². The Labute approximate surface area is 119 Å². The Kier molecular flexibility index (Phi) is 4.27. The lowest BCUT2D eigenvalue weighted by atomic mass is 10.2. The minimum atomic E-state index is -2.97. The molecule has 0 radical (unpaired) electrons. The maximum absolute atomic E-state index is 12.4. The summed E-state index contributed by atoms with van der Waals surface area (Å²) in [5.74, 6) is 0.0924. The number of carbonyl (C=O) groups is 1. The van der Waals surface area contributed by atoms with Crippen molar-refractivity contribution in [3.8, 4) is 0 Å². The number of amides is 2. The van der Waals surface area contributed by atoms with Gasteiger partial charge in [0.1, 0.15) is 0 Å². The van der Waals surface area contributed by atoms with Crippen molar-refractivity contribution < 1.29 is 13.2 Å². The summed E-state index contributed by atoms with van der Waals surface area (Å²) in [7, 11) is -1.26. The topological polar surface area (TPSA) is 70.6 Å². The highest BCUT2D eigenvalue weighted by Crippen LogP contribution is 2.18. The summed E-state index contributed by atoms with van der Waals surface area (Å²) >= 11 is 0.